The van der Waals surface area contributed by atoms with Crippen molar-refractivity contribution >= 4 is 17.2 Å². The number of nitrogens with zero attached hydrogens (tertiary/aromatic N) is 3. The zero-order valence-corrected chi connectivity index (χ0v) is 16.5. The maximum atomic E-state index is 13.1. The molecule has 2 unspecified atom stereocenters. The molecule has 0 N–H and O–H groups in total. The van der Waals surface area contributed by atoms with Crippen LogP contribution in [0.25, 0.3) is 10.4 Å². The lowest BCUT2D eigenvalue weighted by Gasteiger charge is -2.30. The predicted octanol–water partition coefficient (Wildman–Crippen LogP) is 4.38. The first-order valence-corrected chi connectivity index (χ1v) is 10.7. The topological polar surface area (TPSA) is 47.3 Å². The molecule has 0 radical (unpaired) electrons. The molecular formula is C22H25N3OS. The second-order valence-electron chi connectivity index (χ2n) is 7.67. The van der Waals surface area contributed by atoms with Crippen LogP contribution in [0.4, 0.5) is 0 Å². The average molecular weight is 380 g/mol. The van der Waals surface area contributed by atoms with E-state index < -0.39 is 0 Å². The fraction of sp³-hybridized carbons (Fsp3) is 0.455. The zero-order valence-electron chi connectivity index (χ0n) is 15.7. The van der Waals surface area contributed by atoms with Gasteiger partial charge in [-0.15, -0.1) is 11.3 Å². The summed E-state index contributed by atoms with van der Waals surface area (Å²) in [6.07, 6.45) is 4.76. The highest BCUT2D eigenvalue weighted by atomic mass is 32.1. The molecular weight excluding hydrogens is 354 g/mol. The normalized spacial score (nSPS) is 22.9. The molecule has 2 fully saturated rings. The van der Waals surface area contributed by atoms with Crippen LogP contribution in [0, 0.1) is 11.3 Å². The summed E-state index contributed by atoms with van der Waals surface area (Å²) < 4.78 is 0. The van der Waals surface area contributed by atoms with Crippen molar-refractivity contribution in [3.8, 4) is 16.5 Å². The minimum Gasteiger partial charge on any atom is -0.334 e. The molecule has 2 atom stereocenters. The molecule has 2 saturated heterocycles. The van der Waals surface area contributed by atoms with Gasteiger partial charge in [-0.1, -0.05) is 12.1 Å². The van der Waals surface area contributed by atoms with Crippen molar-refractivity contribution in [3.05, 3.63) is 46.8 Å². The van der Waals surface area contributed by atoms with E-state index in [4.69, 9.17) is 5.26 Å². The standard InChI is InChI=1S/C22H25N3OS/c1-16-4-2-10-24(16)14-20-5-3-11-25(20)22(26)19-8-6-18(7-9-19)21-12-17(13-23)15-27-21/h6-9,12,15-16,20H,2-5,10-11,14H2,1H3. The van der Waals surface area contributed by atoms with Gasteiger partial charge in [0, 0.05) is 41.0 Å². The molecule has 0 aliphatic carbocycles. The predicted molar refractivity (Wildman–Crippen MR) is 109 cm³/mol. The van der Waals surface area contributed by atoms with Gasteiger partial charge in [-0.3, -0.25) is 9.69 Å². The number of amides is 1. The maximum Gasteiger partial charge on any atom is 0.254 e. The Kier molecular flexibility index (Phi) is 5.29. The van der Waals surface area contributed by atoms with Crippen molar-refractivity contribution in [3.63, 3.8) is 0 Å². The van der Waals surface area contributed by atoms with E-state index in [1.807, 2.05) is 35.7 Å². The number of rotatable bonds is 4. The number of carbonyl (C=O) groups excluding carboxylic acids is 1. The molecule has 1 aromatic heterocycles. The number of hydrogen-bond donors (Lipinski definition) is 0. The van der Waals surface area contributed by atoms with Crippen LogP contribution in [0.15, 0.2) is 35.7 Å². The molecule has 2 aromatic rings. The van der Waals surface area contributed by atoms with Gasteiger partial charge in [-0.2, -0.15) is 5.26 Å². The minimum absolute atomic E-state index is 0.153. The Morgan fingerprint density at radius 2 is 2.00 bits per heavy atom. The van der Waals surface area contributed by atoms with Gasteiger partial charge in [-0.25, -0.2) is 0 Å². The molecule has 2 aliphatic rings. The first kappa shape index (κ1) is 18.2. The summed E-state index contributed by atoms with van der Waals surface area (Å²) >= 11 is 1.56. The number of thiophene rings is 1. The Labute approximate surface area is 165 Å². The molecule has 4 rings (SSSR count). The molecule has 27 heavy (non-hydrogen) atoms. The van der Waals surface area contributed by atoms with Gasteiger partial charge < -0.3 is 4.90 Å². The molecule has 0 bridgehead atoms. The van der Waals surface area contributed by atoms with Crippen LogP contribution in [-0.4, -0.2) is 47.4 Å². The Bertz CT molecular complexity index is 851. The van der Waals surface area contributed by atoms with Crippen LogP contribution in [0.3, 0.4) is 0 Å². The van der Waals surface area contributed by atoms with Crippen LogP contribution >= 0.6 is 11.3 Å². The summed E-state index contributed by atoms with van der Waals surface area (Å²) in [5.74, 6) is 0.153. The monoisotopic (exact) mass is 379 g/mol. The van der Waals surface area contributed by atoms with E-state index in [9.17, 15) is 4.79 Å². The Morgan fingerprint density at radius 3 is 2.67 bits per heavy atom. The Hall–Kier alpha value is -2.16. The summed E-state index contributed by atoms with van der Waals surface area (Å²) in [5, 5.41) is 10.8. The molecule has 140 valence electrons. The fourth-order valence-electron chi connectivity index (χ4n) is 4.32. The highest BCUT2D eigenvalue weighted by molar-refractivity contribution is 7.13. The van der Waals surface area contributed by atoms with Crippen molar-refractivity contribution in [1.82, 2.24) is 9.80 Å². The second kappa shape index (κ2) is 7.84. The number of likely N-dealkylation sites (tertiary alicyclic amines) is 2. The van der Waals surface area contributed by atoms with Gasteiger partial charge in [0.25, 0.3) is 5.91 Å². The SMILES string of the molecule is CC1CCCN1CC1CCCN1C(=O)c1ccc(-c2cc(C#N)cs2)cc1. The van der Waals surface area contributed by atoms with E-state index in [0.717, 1.165) is 41.9 Å². The number of benzene rings is 1. The zero-order chi connectivity index (χ0) is 18.8. The summed E-state index contributed by atoms with van der Waals surface area (Å²) in [6.45, 7) is 5.34. The largest absolute Gasteiger partial charge is 0.334 e. The lowest BCUT2D eigenvalue weighted by Crippen LogP contribution is -2.44. The highest BCUT2D eigenvalue weighted by Gasteiger charge is 2.32. The van der Waals surface area contributed by atoms with Gasteiger partial charge >= 0.3 is 0 Å². The molecule has 3 heterocycles. The average Bonchev–Trinajstić information content (AvgIpc) is 3.43. The van der Waals surface area contributed by atoms with E-state index in [1.165, 1.54) is 19.4 Å². The van der Waals surface area contributed by atoms with Gasteiger partial charge in [0.05, 0.1) is 5.56 Å². The van der Waals surface area contributed by atoms with Crippen molar-refractivity contribution in [1.29, 1.82) is 5.26 Å². The smallest absolute Gasteiger partial charge is 0.254 e. The third-order valence-corrected chi connectivity index (χ3v) is 6.90. The Balaban J connectivity index is 1.46. The third kappa shape index (κ3) is 3.78. The summed E-state index contributed by atoms with van der Waals surface area (Å²) in [6, 6.07) is 12.9. The second-order valence-corrected chi connectivity index (χ2v) is 8.58. The van der Waals surface area contributed by atoms with Gasteiger partial charge in [-0.05, 0) is 62.9 Å². The molecule has 5 heteroatoms. The van der Waals surface area contributed by atoms with Crippen LogP contribution in [0.5, 0.6) is 0 Å². The number of carbonyl (C=O) groups is 1. The summed E-state index contributed by atoms with van der Waals surface area (Å²) in [5.41, 5.74) is 2.50. The lowest BCUT2D eigenvalue weighted by molar-refractivity contribution is 0.0697. The Morgan fingerprint density at radius 1 is 1.22 bits per heavy atom. The number of nitriles is 1. The highest BCUT2D eigenvalue weighted by Crippen LogP contribution is 2.28. The first-order chi connectivity index (χ1) is 13.2. The van der Waals surface area contributed by atoms with Gasteiger partial charge in [0.15, 0.2) is 0 Å². The van der Waals surface area contributed by atoms with Crippen LogP contribution in [-0.2, 0) is 0 Å². The van der Waals surface area contributed by atoms with E-state index in [1.54, 1.807) is 11.3 Å². The van der Waals surface area contributed by atoms with E-state index in [2.05, 4.69) is 22.8 Å². The van der Waals surface area contributed by atoms with Crippen LogP contribution in [0.1, 0.15) is 48.5 Å². The minimum atomic E-state index is 0.153. The van der Waals surface area contributed by atoms with E-state index >= 15 is 0 Å². The molecule has 0 saturated carbocycles. The quantitative estimate of drug-likeness (QED) is 0.792. The third-order valence-electron chi connectivity index (χ3n) is 5.92. The lowest BCUT2D eigenvalue weighted by atomic mass is 10.1. The molecule has 1 aromatic carbocycles. The van der Waals surface area contributed by atoms with Gasteiger partial charge in [0.1, 0.15) is 6.07 Å². The molecule has 1 amide bonds. The summed E-state index contributed by atoms with van der Waals surface area (Å²) in [7, 11) is 0. The fourth-order valence-corrected chi connectivity index (χ4v) is 5.16. The van der Waals surface area contributed by atoms with Crippen LogP contribution < -0.4 is 0 Å². The maximum absolute atomic E-state index is 13.1. The van der Waals surface area contributed by atoms with Crippen molar-refractivity contribution < 1.29 is 4.79 Å². The molecule has 4 nitrogen and oxygen atoms in total. The summed E-state index contributed by atoms with van der Waals surface area (Å²) in [4.78, 5) is 18.8. The van der Waals surface area contributed by atoms with Crippen LogP contribution in [0.2, 0.25) is 0 Å². The van der Waals surface area contributed by atoms with Crippen molar-refractivity contribution in [2.45, 2.75) is 44.7 Å². The van der Waals surface area contributed by atoms with Crippen molar-refractivity contribution in [2.24, 2.45) is 0 Å². The number of hydrogen-bond acceptors (Lipinski definition) is 4. The molecule has 0 spiro atoms. The van der Waals surface area contributed by atoms with E-state index in [-0.39, 0.29) is 5.91 Å². The molecule has 2 aliphatic heterocycles. The van der Waals surface area contributed by atoms with Crippen molar-refractivity contribution in [2.75, 3.05) is 19.6 Å². The first-order valence-electron chi connectivity index (χ1n) is 9.80. The van der Waals surface area contributed by atoms with Gasteiger partial charge in [0.2, 0.25) is 0 Å². The van der Waals surface area contributed by atoms with E-state index in [0.29, 0.717) is 17.6 Å².